The lowest BCUT2D eigenvalue weighted by molar-refractivity contribution is -0.167. The van der Waals surface area contributed by atoms with Gasteiger partial charge in [-0.2, -0.15) is 0 Å². The van der Waals surface area contributed by atoms with Crippen LogP contribution in [0.25, 0.3) is 0 Å². The fourth-order valence-corrected chi connectivity index (χ4v) is 8.19. The molecule has 0 aliphatic rings. The van der Waals surface area contributed by atoms with Crippen molar-refractivity contribution in [2.45, 2.75) is 297 Å². The van der Waals surface area contributed by atoms with Crippen LogP contribution in [0.5, 0.6) is 0 Å². The summed E-state index contributed by atoms with van der Waals surface area (Å²) in [6.07, 6.45) is 69.5. The number of hydrogen-bond donors (Lipinski definition) is 0. The van der Waals surface area contributed by atoms with Gasteiger partial charge in [0.05, 0.1) is 0 Å². The number of hydrogen-bond acceptors (Lipinski definition) is 6. The number of carbonyl (C=O) groups excluding carboxylic acids is 3. The molecule has 0 aromatic rings. The molecular weight excluding hydrogens is 829 g/mol. The summed E-state index contributed by atoms with van der Waals surface area (Å²) >= 11 is 0. The lowest BCUT2D eigenvalue weighted by atomic mass is 10.0. The van der Waals surface area contributed by atoms with Crippen LogP contribution < -0.4 is 0 Å². The number of allylic oxidation sites excluding steroid dienone is 10. The van der Waals surface area contributed by atoms with Crippen LogP contribution >= 0.6 is 0 Å². The van der Waals surface area contributed by atoms with Gasteiger partial charge in [0.2, 0.25) is 0 Å². The van der Waals surface area contributed by atoms with Crippen LogP contribution in [-0.4, -0.2) is 37.2 Å². The van der Waals surface area contributed by atoms with Crippen molar-refractivity contribution in [1.29, 1.82) is 0 Å². The van der Waals surface area contributed by atoms with Crippen molar-refractivity contribution in [3.63, 3.8) is 0 Å². The molecule has 0 rings (SSSR count). The van der Waals surface area contributed by atoms with Crippen LogP contribution in [0.2, 0.25) is 0 Å². The highest BCUT2D eigenvalue weighted by Crippen LogP contribution is 2.16. The van der Waals surface area contributed by atoms with Gasteiger partial charge in [-0.15, -0.1) is 0 Å². The summed E-state index contributed by atoms with van der Waals surface area (Å²) in [6, 6.07) is 0. The number of unbranched alkanes of at least 4 members (excludes halogenated alkanes) is 31. The molecular formula is C61H108O6. The van der Waals surface area contributed by atoms with Gasteiger partial charge >= 0.3 is 17.9 Å². The molecule has 0 N–H and O–H groups in total. The Kier molecular flexibility index (Phi) is 53.3. The number of esters is 3. The standard InChI is InChI=1S/C61H108O6/c1-4-7-10-13-16-18-20-22-24-25-26-27-28-29-30-31-32-33-34-35-37-38-40-42-45-48-51-54-60(63)66-57-58(56-65-59(62)53-50-47-44-15-12-9-6-3)67-61(64)55-52-49-46-43-41-39-36-23-21-19-17-14-11-8-5-2/h7,10,16,18,22-24,26-27,36,58H,4-6,8-9,11-15,17,19-21,25,28-35,37-57H2,1-3H3/b10-7-,18-16-,24-22-,27-26-,36-23-. The normalized spacial score (nSPS) is 12.5. The fraction of sp³-hybridized carbons (Fsp3) is 0.787. The topological polar surface area (TPSA) is 78.9 Å². The summed E-state index contributed by atoms with van der Waals surface area (Å²) in [7, 11) is 0. The van der Waals surface area contributed by atoms with Gasteiger partial charge in [0.1, 0.15) is 13.2 Å². The van der Waals surface area contributed by atoms with E-state index in [1.54, 1.807) is 0 Å². The van der Waals surface area contributed by atoms with Crippen LogP contribution in [0.15, 0.2) is 60.8 Å². The smallest absolute Gasteiger partial charge is 0.306 e. The largest absolute Gasteiger partial charge is 0.462 e. The van der Waals surface area contributed by atoms with Gasteiger partial charge < -0.3 is 14.2 Å². The Balaban J connectivity index is 4.11. The Morgan fingerprint density at radius 2 is 0.582 bits per heavy atom. The van der Waals surface area contributed by atoms with Crippen molar-refractivity contribution in [3.05, 3.63) is 60.8 Å². The molecule has 388 valence electrons. The molecule has 0 radical (unpaired) electrons. The molecule has 0 spiro atoms. The molecule has 0 amide bonds. The average molecular weight is 938 g/mol. The minimum atomic E-state index is -0.773. The van der Waals surface area contributed by atoms with E-state index >= 15 is 0 Å². The van der Waals surface area contributed by atoms with Crippen LogP contribution in [0.3, 0.4) is 0 Å². The van der Waals surface area contributed by atoms with Gasteiger partial charge in [-0.1, -0.05) is 248 Å². The second kappa shape index (κ2) is 55.7. The molecule has 6 nitrogen and oxygen atoms in total. The maximum absolute atomic E-state index is 12.8. The van der Waals surface area contributed by atoms with E-state index in [1.807, 2.05) is 0 Å². The van der Waals surface area contributed by atoms with E-state index in [2.05, 4.69) is 81.5 Å². The monoisotopic (exact) mass is 937 g/mol. The number of rotatable bonds is 52. The van der Waals surface area contributed by atoms with Crippen molar-refractivity contribution in [2.24, 2.45) is 0 Å². The summed E-state index contributed by atoms with van der Waals surface area (Å²) < 4.78 is 16.8. The molecule has 0 bridgehead atoms. The molecule has 0 aliphatic heterocycles. The molecule has 6 heteroatoms. The maximum Gasteiger partial charge on any atom is 0.306 e. The highest BCUT2D eigenvalue weighted by Gasteiger charge is 2.19. The molecule has 0 heterocycles. The van der Waals surface area contributed by atoms with E-state index in [9.17, 15) is 14.4 Å². The Labute approximate surface area is 415 Å². The third-order valence-electron chi connectivity index (χ3n) is 12.5. The van der Waals surface area contributed by atoms with E-state index in [4.69, 9.17) is 14.2 Å². The van der Waals surface area contributed by atoms with Crippen molar-refractivity contribution < 1.29 is 28.6 Å². The first-order chi connectivity index (χ1) is 33.0. The highest BCUT2D eigenvalue weighted by molar-refractivity contribution is 5.71. The molecule has 0 fully saturated rings. The number of ether oxygens (including phenoxy) is 3. The highest BCUT2D eigenvalue weighted by atomic mass is 16.6. The van der Waals surface area contributed by atoms with Crippen molar-refractivity contribution in [2.75, 3.05) is 13.2 Å². The first kappa shape index (κ1) is 64.1. The Bertz CT molecular complexity index is 1210. The quantitative estimate of drug-likeness (QED) is 0.0262. The van der Waals surface area contributed by atoms with E-state index < -0.39 is 6.10 Å². The zero-order chi connectivity index (χ0) is 48.6. The van der Waals surface area contributed by atoms with E-state index in [1.165, 1.54) is 161 Å². The zero-order valence-electron chi connectivity index (χ0n) is 44.4. The lowest BCUT2D eigenvalue weighted by Crippen LogP contribution is -2.30. The molecule has 1 unspecified atom stereocenters. The fourth-order valence-electron chi connectivity index (χ4n) is 8.19. The molecule has 0 aromatic heterocycles. The van der Waals surface area contributed by atoms with Crippen LogP contribution in [0, 0.1) is 0 Å². The predicted octanol–water partition coefficient (Wildman–Crippen LogP) is 19.2. The molecule has 0 aromatic carbocycles. The SMILES string of the molecule is CC/C=C\C/C=C\C/C=C\C/C=C\CCCCCCCCCCCCCCCCC(=O)OCC(COC(=O)CCCCCCCCC)OC(=O)CCCCCCC/C=C\CCCCCCCC. The zero-order valence-corrected chi connectivity index (χ0v) is 44.4. The third-order valence-corrected chi connectivity index (χ3v) is 12.5. The Morgan fingerprint density at radius 3 is 0.925 bits per heavy atom. The van der Waals surface area contributed by atoms with Crippen molar-refractivity contribution in [3.8, 4) is 0 Å². The molecule has 1 atom stereocenters. The van der Waals surface area contributed by atoms with E-state index in [-0.39, 0.29) is 31.1 Å². The third kappa shape index (κ3) is 53.9. The van der Waals surface area contributed by atoms with Crippen molar-refractivity contribution >= 4 is 17.9 Å². The van der Waals surface area contributed by atoms with Crippen molar-refractivity contribution in [1.82, 2.24) is 0 Å². The summed E-state index contributed by atoms with van der Waals surface area (Å²) in [5.74, 6) is -0.881. The summed E-state index contributed by atoms with van der Waals surface area (Å²) in [5.41, 5.74) is 0. The second-order valence-corrected chi connectivity index (χ2v) is 19.2. The first-order valence-electron chi connectivity index (χ1n) is 28.8. The van der Waals surface area contributed by atoms with Gasteiger partial charge in [-0.3, -0.25) is 14.4 Å². The second-order valence-electron chi connectivity index (χ2n) is 19.2. The van der Waals surface area contributed by atoms with E-state index in [0.717, 1.165) is 89.9 Å². The van der Waals surface area contributed by atoms with E-state index in [0.29, 0.717) is 19.3 Å². The predicted molar refractivity (Wildman–Crippen MR) is 288 cm³/mol. The van der Waals surface area contributed by atoms with Crippen LogP contribution in [0.4, 0.5) is 0 Å². The van der Waals surface area contributed by atoms with Gasteiger partial charge in [0.25, 0.3) is 0 Å². The van der Waals surface area contributed by atoms with Crippen LogP contribution in [-0.2, 0) is 28.6 Å². The number of carbonyl (C=O) groups is 3. The lowest BCUT2D eigenvalue weighted by Gasteiger charge is -2.18. The molecule has 0 aliphatic carbocycles. The summed E-state index contributed by atoms with van der Waals surface area (Å²) in [4.78, 5) is 37.9. The molecule has 0 saturated heterocycles. The van der Waals surface area contributed by atoms with Gasteiger partial charge in [-0.05, 0) is 83.5 Å². The minimum Gasteiger partial charge on any atom is -0.462 e. The van der Waals surface area contributed by atoms with Gasteiger partial charge in [-0.25, -0.2) is 0 Å². The van der Waals surface area contributed by atoms with Gasteiger partial charge in [0, 0.05) is 19.3 Å². The summed E-state index contributed by atoms with van der Waals surface area (Å²) in [6.45, 7) is 6.49. The van der Waals surface area contributed by atoms with Crippen LogP contribution in [0.1, 0.15) is 290 Å². The molecule has 67 heavy (non-hydrogen) atoms. The first-order valence-corrected chi connectivity index (χ1v) is 28.8. The molecule has 0 saturated carbocycles. The van der Waals surface area contributed by atoms with Gasteiger partial charge in [0.15, 0.2) is 6.10 Å². The minimum absolute atomic E-state index is 0.0749. The Hall–Kier alpha value is -2.89. The Morgan fingerprint density at radius 1 is 0.313 bits per heavy atom. The maximum atomic E-state index is 12.8. The summed E-state index contributed by atoms with van der Waals surface area (Å²) in [5, 5.41) is 0. The average Bonchev–Trinajstić information content (AvgIpc) is 3.33.